The monoisotopic (exact) mass is 436 g/mol. The molecule has 0 unspecified atom stereocenters. The number of rotatable bonds is 10. The van der Waals surface area contributed by atoms with Gasteiger partial charge in [0.05, 0.1) is 19.9 Å². The molecule has 2 heterocycles. The van der Waals surface area contributed by atoms with Gasteiger partial charge in [-0.15, -0.1) is 0 Å². The van der Waals surface area contributed by atoms with Crippen molar-refractivity contribution in [2.75, 3.05) is 27.3 Å². The molecule has 0 bridgehead atoms. The summed E-state index contributed by atoms with van der Waals surface area (Å²) in [4.78, 5) is 16.1. The Labute approximate surface area is 187 Å². The molecule has 0 amide bonds. The summed E-state index contributed by atoms with van der Waals surface area (Å²) in [6, 6.07) is 7.85. The van der Waals surface area contributed by atoms with Crippen molar-refractivity contribution in [2.24, 2.45) is 0 Å². The molecular weight excluding hydrogens is 408 g/mol. The number of nitrogens with one attached hydrogen (secondary N) is 1. The molecule has 8 nitrogen and oxygen atoms in total. The SMILES string of the molecule is COc1ccc(CCNCCCn2nc3c(c2C(=O)O)CCc2cnccc2-3)cc1OC. The maximum absolute atomic E-state index is 11.9. The quantitative estimate of drug-likeness (QED) is 0.472. The summed E-state index contributed by atoms with van der Waals surface area (Å²) in [5, 5.41) is 17.9. The molecule has 4 rings (SSSR count). The van der Waals surface area contributed by atoms with Crippen LogP contribution in [0.4, 0.5) is 0 Å². The number of carbonyl (C=O) groups is 1. The molecule has 0 spiro atoms. The van der Waals surface area contributed by atoms with E-state index in [-0.39, 0.29) is 0 Å². The second kappa shape index (κ2) is 9.82. The van der Waals surface area contributed by atoms with Crippen molar-refractivity contribution in [3.05, 3.63) is 59.0 Å². The number of carboxylic acids is 1. The molecule has 0 radical (unpaired) electrons. The van der Waals surface area contributed by atoms with E-state index in [0.29, 0.717) is 18.7 Å². The number of fused-ring (bicyclic) bond motifs is 3. The smallest absolute Gasteiger partial charge is 0.354 e. The fourth-order valence-electron chi connectivity index (χ4n) is 4.22. The second-order valence-corrected chi connectivity index (χ2v) is 7.78. The molecule has 0 atom stereocenters. The van der Waals surface area contributed by atoms with Crippen LogP contribution >= 0.6 is 0 Å². The predicted octanol–water partition coefficient (Wildman–Crippen LogP) is 2.98. The molecule has 8 heteroatoms. The van der Waals surface area contributed by atoms with E-state index in [1.165, 1.54) is 0 Å². The number of aromatic nitrogens is 3. The van der Waals surface area contributed by atoms with Crippen LogP contribution in [0, 0.1) is 0 Å². The van der Waals surface area contributed by atoms with Gasteiger partial charge in [0.25, 0.3) is 0 Å². The Bertz CT molecular complexity index is 1110. The van der Waals surface area contributed by atoms with Gasteiger partial charge in [-0.25, -0.2) is 4.79 Å². The largest absolute Gasteiger partial charge is 0.493 e. The Morgan fingerprint density at radius 3 is 2.78 bits per heavy atom. The van der Waals surface area contributed by atoms with Gasteiger partial charge in [-0.3, -0.25) is 9.67 Å². The minimum absolute atomic E-state index is 0.313. The van der Waals surface area contributed by atoms with E-state index in [0.717, 1.165) is 71.8 Å². The lowest BCUT2D eigenvalue weighted by atomic mass is 9.90. The Morgan fingerprint density at radius 2 is 2.00 bits per heavy atom. The first-order chi connectivity index (χ1) is 15.6. The molecule has 0 aliphatic heterocycles. The van der Waals surface area contributed by atoms with Gasteiger partial charge in [0.15, 0.2) is 11.5 Å². The Balaban J connectivity index is 1.33. The summed E-state index contributed by atoms with van der Waals surface area (Å²) in [5.41, 5.74) is 5.21. The van der Waals surface area contributed by atoms with Crippen LogP contribution in [-0.4, -0.2) is 53.1 Å². The average Bonchev–Trinajstić information content (AvgIpc) is 3.20. The normalized spacial score (nSPS) is 12.2. The van der Waals surface area contributed by atoms with Gasteiger partial charge in [0, 0.05) is 30.1 Å². The van der Waals surface area contributed by atoms with E-state index in [9.17, 15) is 9.90 Å². The van der Waals surface area contributed by atoms with Crippen molar-refractivity contribution in [1.29, 1.82) is 0 Å². The topological polar surface area (TPSA) is 98.5 Å². The summed E-state index contributed by atoms with van der Waals surface area (Å²) < 4.78 is 12.3. The minimum atomic E-state index is -0.919. The summed E-state index contributed by atoms with van der Waals surface area (Å²) in [5.74, 6) is 0.531. The van der Waals surface area contributed by atoms with Gasteiger partial charge in [-0.05, 0) is 68.1 Å². The highest BCUT2D eigenvalue weighted by atomic mass is 16.5. The molecule has 1 aromatic carbocycles. The number of hydrogen-bond donors (Lipinski definition) is 2. The van der Waals surface area contributed by atoms with Crippen LogP contribution in [0.1, 0.15) is 33.6 Å². The molecule has 2 N–H and O–H groups in total. The first-order valence-corrected chi connectivity index (χ1v) is 10.8. The van der Waals surface area contributed by atoms with Crippen molar-refractivity contribution in [3.8, 4) is 22.8 Å². The number of pyridine rings is 1. The number of hydrogen-bond acceptors (Lipinski definition) is 6. The third-order valence-corrected chi connectivity index (χ3v) is 5.82. The van der Waals surface area contributed by atoms with Crippen LogP contribution < -0.4 is 14.8 Å². The number of nitrogens with zero attached hydrogens (tertiary/aromatic N) is 3. The molecule has 1 aliphatic carbocycles. The third kappa shape index (κ3) is 4.45. The van der Waals surface area contributed by atoms with E-state index in [1.54, 1.807) is 25.1 Å². The first-order valence-electron chi connectivity index (χ1n) is 10.8. The van der Waals surface area contributed by atoms with Crippen LogP contribution in [0.2, 0.25) is 0 Å². The van der Waals surface area contributed by atoms with Gasteiger partial charge in [-0.1, -0.05) is 6.07 Å². The maximum atomic E-state index is 11.9. The van der Waals surface area contributed by atoms with E-state index < -0.39 is 5.97 Å². The van der Waals surface area contributed by atoms with E-state index in [2.05, 4.69) is 15.4 Å². The molecule has 1 aliphatic rings. The van der Waals surface area contributed by atoms with Gasteiger partial charge in [-0.2, -0.15) is 5.10 Å². The fraction of sp³-hybridized carbons (Fsp3) is 0.375. The Kier molecular flexibility index (Phi) is 6.70. The first kappa shape index (κ1) is 21.8. The third-order valence-electron chi connectivity index (χ3n) is 5.82. The lowest BCUT2D eigenvalue weighted by Crippen LogP contribution is -2.21. The predicted molar refractivity (Wildman–Crippen MR) is 121 cm³/mol. The highest BCUT2D eigenvalue weighted by Crippen LogP contribution is 2.34. The van der Waals surface area contributed by atoms with Crippen LogP contribution in [0.25, 0.3) is 11.3 Å². The zero-order valence-corrected chi connectivity index (χ0v) is 18.4. The molecule has 0 saturated carbocycles. The Hall–Kier alpha value is -3.39. The van der Waals surface area contributed by atoms with Crippen molar-refractivity contribution in [1.82, 2.24) is 20.1 Å². The van der Waals surface area contributed by atoms with Crippen molar-refractivity contribution < 1.29 is 19.4 Å². The van der Waals surface area contributed by atoms with Crippen molar-refractivity contribution in [2.45, 2.75) is 32.2 Å². The van der Waals surface area contributed by atoms with Crippen LogP contribution in [0.3, 0.4) is 0 Å². The highest BCUT2D eigenvalue weighted by Gasteiger charge is 2.27. The molecule has 0 fully saturated rings. The molecular formula is C24H28N4O4. The molecule has 168 valence electrons. The number of aromatic carboxylic acids is 1. The number of ether oxygens (including phenoxy) is 2. The zero-order valence-electron chi connectivity index (χ0n) is 18.4. The van der Waals surface area contributed by atoms with Gasteiger partial charge >= 0.3 is 5.97 Å². The number of carboxylic acid groups (broad SMARTS) is 1. The average molecular weight is 437 g/mol. The van der Waals surface area contributed by atoms with Crippen molar-refractivity contribution in [3.63, 3.8) is 0 Å². The van der Waals surface area contributed by atoms with Crippen LogP contribution in [-0.2, 0) is 25.8 Å². The van der Waals surface area contributed by atoms with Gasteiger partial charge in [0.1, 0.15) is 5.69 Å². The molecule has 2 aromatic heterocycles. The lowest BCUT2D eigenvalue weighted by Gasteiger charge is -2.14. The summed E-state index contributed by atoms with van der Waals surface area (Å²) >= 11 is 0. The summed E-state index contributed by atoms with van der Waals surface area (Å²) in [6.45, 7) is 2.15. The van der Waals surface area contributed by atoms with Crippen LogP contribution in [0.5, 0.6) is 11.5 Å². The molecule has 3 aromatic rings. The standard InChI is InChI=1S/C24H28N4O4/c1-31-20-7-4-16(14-21(20)32-2)8-11-25-10-3-13-28-23(24(29)30)19-6-5-17-15-26-12-9-18(17)22(19)27-28/h4,7,9,12,14-15,25H,3,5-6,8,10-11,13H2,1-2H3,(H,29,30). The maximum Gasteiger partial charge on any atom is 0.354 e. The molecule has 0 saturated heterocycles. The van der Waals surface area contributed by atoms with E-state index >= 15 is 0 Å². The van der Waals surface area contributed by atoms with Crippen LogP contribution in [0.15, 0.2) is 36.7 Å². The lowest BCUT2D eigenvalue weighted by molar-refractivity contribution is 0.0681. The second-order valence-electron chi connectivity index (χ2n) is 7.78. The zero-order chi connectivity index (χ0) is 22.5. The Morgan fingerprint density at radius 1 is 1.16 bits per heavy atom. The number of benzene rings is 1. The highest BCUT2D eigenvalue weighted by molar-refractivity contribution is 5.90. The van der Waals surface area contributed by atoms with Gasteiger partial charge in [0.2, 0.25) is 0 Å². The fourth-order valence-corrected chi connectivity index (χ4v) is 4.22. The minimum Gasteiger partial charge on any atom is -0.493 e. The number of aryl methyl sites for hydroxylation is 2. The van der Waals surface area contributed by atoms with E-state index in [1.807, 2.05) is 30.5 Å². The van der Waals surface area contributed by atoms with Gasteiger partial charge < -0.3 is 19.9 Å². The van der Waals surface area contributed by atoms with Crippen molar-refractivity contribution >= 4 is 5.97 Å². The number of methoxy groups -OCH3 is 2. The van der Waals surface area contributed by atoms with E-state index in [4.69, 9.17) is 9.47 Å². The summed E-state index contributed by atoms with van der Waals surface area (Å²) in [6.07, 6.45) is 6.70. The summed E-state index contributed by atoms with van der Waals surface area (Å²) in [7, 11) is 3.26. The molecule has 32 heavy (non-hydrogen) atoms.